The lowest BCUT2D eigenvalue weighted by Crippen LogP contribution is -2.06. The van der Waals surface area contributed by atoms with Gasteiger partial charge in [-0.15, -0.1) is 0 Å². The fourth-order valence-corrected chi connectivity index (χ4v) is 6.43. The molecule has 0 aromatic rings. The van der Waals surface area contributed by atoms with Crippen LogP contribution in [0.15, 0.2) is 24.3 Å². The van der Waals surface area contributed by atoms with Crippen LogP contribution in [-0.4, -0.2) is 28.7 Å². The fourth-order valence-electron chi connectivity index (χ4n) is 6.43. The SMILES string of the molecule is NCCC[C@@H](CCCCCCCC/C=C\CCCCCCCC(=O)O)CCCCCCCCC/C=C\CCCCCCCC(=O)O. The van der Waals surface area contributed by atoms with Gasteiger partial charge < -0.3 is 15.9 Å². The second-order valence-electron chi connectivity index (χ2n) is 13.9. The van der Waals surface area contributed by atoms with Crippen LogP contribution in [0.5, 0.6) is 0 Å². The predicted octanol–water partition coefficient (Wildman–Crippen LogP) is 12.7. The third-order valence-corrected chi connectivity index (χ3v) is 9.39. The highest BCUT2D eigenvalue weighted by Crippen LogP contribution is 2.23. The maximum Gasteiger partial charge on any atom is 0.303 e. The lowest BCUT2D eigenvalue weighted by Gasteiger charge is -2.16. The Balaban J connectivity index is 3.53. The number of aliphatic carboxylic acids is 2. The number of carbonyl (C=O) groups is 2. The molecule has 0 aliphatic rings. The van der Waals surface area contributed by atoms with Gasteiger partial charge in [-0.2, -0.15) is 0 Å². The van der Waals surface area contributed by atoms with Gasteiger partial charge in [0.2, 0.25) is 0 Å². The lowest BCUT2D eigenvalue weighted by molar-refractivity contribution is -0.138. The molecule has 0 aromatic carbocycles. The van der Waals surface area contributed by atoms with E-state index in [4.69, 9.17) is 15.9 Å². The van der Waals surface area contributed by atoms with Gasteiger partial charge in [-0.05, 0) is 89.5 Å². The molecule has 4 N–H and O–H groups in total. The Bertz CT molecular complexity index is 705. The number of hydrogen-bond acceptors (Lipinski definition) is 3. The Morgan fingerprint density at radius 2 is 0.652 bits per heavy atom. The highest BCUT2D eigenvalue weighted by Gasteiger charge is 2.08. The Hall–Kier alpha value is -1.62. The summed E-state index contributed by atoms with van der Waals surface area (Å²) in [5.74, 6) is -0.446. The molecule has 0 heterocycles. The van der Waals surface area contributed by atoms with Gasteiger partial charge in [0.1, 0.15) is 0 Å². The zero-order chi connectivity index (χ0) is 33.6. The molecular formula is C41H77NO4. The standard InChI is InChI=1S/C41H77NO4/c42-38-32-35-39(34-29-25-21-17-13-9-5-3-7-11-15-19-23-27-31-37-41(45)46)33-28-24-20-16-12-8-4-1-2-6-10-14-18-22-26-30-36-40(43)44/h2-3,6-7,39H,1,4-5,8-38,42H2,(H,43,44)(H,45,46)/b6-2-,7-3-/t39-/m1/s1. The molecule has 0 saturated heterocycles. The first-order valence-corrected chi connectivity index (χ1v) is 20.0. The van der Waals surface area contributed by atoms with Crippen molar-refractivity contribution in [3.8, 4) is 0 Å². The summed E-state index contributed by atoms with van der Waals surface area (Å²) in [7, 11) is 0. The van der Waals surface area contributed by atoms with E-state index in [1.165, 1.54) is 173 Å². The van der Waals surface area contributed by atoms with Crippen molar-refractivity contribution < 1.29 is 19.8 Å². The van der Waals surface area contributed by atoms with E-state index >= 15 is 0 Å². The van der Waals surface area contributed by atoms with Gasteiger partial charge in [0.05, 0.1) is 0 Å². The number of carboxylic acid groups (broad SMARTS) is 2. The largest absolute Gasteiger partial charge is 0.481 e. The van der Waals surface area contributed by atoms with Crippen molar-refractivity contribution in [1.82, 2.24) is 0 Å². The molecule has 1 atom stereocenters. The molecule has 0 aliphatic carbocycles. The summed E-state index contributed by atoms with van der Waals surface area (Å²) in [5.41, 5.74) is 5.84. The maximum absolute atomic E-state index is 10.5. The number of unbranched alkanes of at least 4 members (excludes halogenated alkanes) is 23. The van der Waals surface area contributed by atoms with Crippen molar-refractivity contribution in [2.45, 2.75) is 212 Å². The molecule has 0 aromatic heterocycles. The molecule has 0 radical (unpaired) electrons. The van der Waals surface area contributed by atoms with Crippen molar-refractivity contribution in [2.75, 3.05) is 6.54 Å². The predicted molar refractivity (Wildman–Crippen MR) is 198 cm³/mol. The summed E-state index contributed by atoms with van der Waals surface area (Å²) in [6, 6.07) is 0. The first-order chi connectivity index (χ1) is 22.6. The molecule has 0 unspecified atom stereocenters. The van der Waals surface area contributed by atoms with Gasteiger partial charge in [-0.3, -0.25) is 9.59 Å². The molecule has 46 heavy (non-hydrogen) atoms. The van der Waals surface area contributed by atoms with Crippen LogP contribution in [0.4, 0.5) is 0 Å². The summed E-state index contributed by atoms with van der Waals surface area (Å²) >= 11 is 0. The van der Waals surface area contributed by atoms with E-state index in [1.54, 1.807) is 0 Å². The molecule has 0 fully saturated rings. The second-order valence-corrected chi connectivity index (χ2v) is 13.9. The highest BCUT2D eigenvalue weighted by atomic mass is 16.4. The van der Waals surface area contributed by atoms with Crippen molar-refractivity contribution in [2.24, 2.45) is 11.7 Å². The molecule has 0 amide bonds. The summed E-state index contributed by atoms with van der Waals surface area (Å²) in [6.45, 7) is 0.838. The lowest BCUT2D eigenvalue weighted by atomic mass is 9.90. The molecule has 0 spiro atoms. The molecule has 0 aliphatic heterocycles. The van der Waals surface area contributed by atoms with Crippen LogP contribution in [0.2, 0.25) is 0 Å². The van der Waals surface area contributed by atoms with Gasteiger partial charge in [-0.1, -0.05) is 146 Å². The van der Waals surface area contributed by atoms with Crippen LogP contribution in [0.1, 0.15) is 212 Å². The first kappa shape index (κ1) is 44.4. The summed E-state index contributed by atoms with van der Waals surface area (Å²) in [4.78, 5) is 21.0. The molecule has 5 nitrogen and oxygen atoms in total. The Kier molecular flexibility index (Phi) is 36.5. The highest BCUT2D eigenvalue weighted by molar-refractivity contribution is 5.66. The Morgan fingerprint density at radius 1 is 0.391 bits per heavy atom. The van der Waals surface area contributed by atoms with Crippen molar-refractivity contribution in [1.29, 1.82) is 0 Å². The monoisotopic (exact) mass is 648 g/mol. The van der Waals surface area contributed by atoms with Crippen molar-refractivity contribution >= 4 is 11.9 Å². The maximum atomic E-state index is 10.5. The quantitative estimate of drug-likeness (QED) is 0.0457. The summed E-state index contributed by atoms with van der Waals surface area (Å²) in [6.07, 6.45) is 49.1. The minimum Gasteiger partial charge on any atom is -0.481 e. The molecule has 0 rings (SSSR count). The van der Waals surface area contributed by atoms with Crippen LogP contribution in [0.25, 0.3) is 0 Å². The van der Waals surface area contributed by atoms with E-state index in [9.17, 15) is 9.59 Å². The van der Waals surface area contributed by atoms with E-state index in [-0.39, 0.29) is 0 Å². The van der Waals surface area contributed by atoms with Gasteiger partial charge in [0, 0.05) is 12.8 Å². The van der Waals surface area contributed by atoms with Crippen LogP contribution in [0.3, 0.4) is 0 Å². The average Bonchev–Trinajstić information content (AvgIpc) is 3.03. The minimum absolute atomic E-state index is 0.320. The smallest absolute Gasteiger partial charge is 0.303 e. The molecule has 0 saturated carbocycles. The number of carboxylic acids is 2. The van der Waals surface area contributed by atoms with Crippen molar-refractivity contribution in [3.63, 3.8) is 0 Å². The average molecular weight is 648 g/mol. The van der Waals surface area contributed by atoms with Gasteiger partial charge in [-0.25, -0.2) is 0 Å². The Labute approximate surface area is 285 Å². The van der Waals surface area contributed by atoms with E-state index < -0.39 is 11.9 Å². The van der Waals surface area contributed by atoms with E-state index in [0.717, 1.165) is 38.1 Å². The summed E-state index contributed by atoms with van der Waals surface area (Å²) < 4.78 is 0. The van der Waals surface area contributed by atoms with E-state index in [1.807, 2.05) is 0 Å². The van der Waals surface area contributed by atoms with Crippen LogP contribution >= 0.6 is 0 Å². The third-order valence-electron chi connectivity index (χ3n) is 9.39. The number of hydrogen-bond donors (Lipinski definition) is 3. The molecule has 0 bridgehead atoms. The fraction of sp³-hybridized carbons (Fsp3) is 0.854. The molecule has 5 heteroatoms. The topological polar surface area (TPSA) is 101 Å². The van der Waals surface area contributed by atoms with Gasteiger partial charge in [0.25, 0.3) is 0 Å². The normalized spacial score (nSPS) is 12.5. The Morgan fingerprint density at radius 3 is 0.957 bits per heavy atom. The number of nitrogens with two attached hydrogens (primary N) is 1. The number of allylic oxidation sites excluding steroid dienone is 4. The van der Waals surface area contributed by atoms with Crippen LogP contribution < -0.4 is 5.73 Å². The first-order valence-electron chi connectivity index (χ1n) is 20.0. The van der Waals surface area contributed by atoms with Gasteiger partial charge >= 0.3 is 11.9 Å². The molecular weight excluding hydrogens is 570 g/mol. The zero-order valence-corrected chi connectivity index (χ0v) is 30.2. The van der Waals surface area contributed by atoms with Crippen molar-refractivity contribution in [3.05, 3.63) is 24.3 Å². The zero-order valence-electron chi connectivity index (χ0n) is 30.2. The van der Waals surface area contributed by atoms with E-state index in [0.29, 0.717) is 12.8 Å². The second kappa shape index (κ2) is 37.8. The third kappa shape index (κ3) is 38.6. The number of rotatable bonds is 38. The van der Waals surface area contributed by atoms with Crippen LogP contribution in [0, 0.1) is 5.92 Å². The van der Waals surface area contributed by atoms with Gasteiger partial charge in [0.15, 0.2) is 0 Å². The molecule has 270 valence electrons. The minimum atomic E-state index is -0.668. The van der Waals surface area contributed by atoms with E-state index in [2.05, 4.69) is 24.3 Å². The van der Waals surface area contributed by atoms with Crippen LogP contribution in [-0.2, 0) is 9.59 Å². The summed E-state index contributed by atoms with van der Waals surface area (Å²) in [5, 5.41) is 17.3.